The van der Waals surface area contributed by atoms with E-state index in [0.717, 1.165) is 39.2 Å². The van der Waals surface area contributed by atoms with E-state index in [4.69, 9.17) is 9.72 Å². The molecule has 0 atom stereocenters. The van der Waals surface area contributed by atoms with E-state index in [1.165, 1.54) is 5.56 Å². The molecule has 0 unspecified atom stereocenters. The molecule has 0 bridgehead atoms. The lowest BCUT2D eigenvalue weighted by molar-refractivity contribution is 0.0952. The molecule has 2 heterocycles. The molecule has 7 heteroatoms. The monoisotopic (exact) mass is 478 g/mol. The molecule has 4 aromatic rings. The zero-order valence-electron chi connectivity index (χ0n) is 17.6. The summed E-state index contributed by atoms with van der Waals surface area (Å²) in [4.78, 5) is 17.6. The molecule has 0 saturated carbocycles. The Labute approximate surface area is 189 Å². The number of nitrogens with one attached hydrogen (secondary N) is 1. The van der Waals surface area contributed by atoms with E-state index in [1.807, 2.05) is 56.3 Å². The van der Waals surface area contributed by atoms with Crippen LogP contribution in [0.5, 0.6) is 5.75 Å². The van der Waals surface area contributed by atoms with Crippen LogP contribution in [0.1, 0.15) is 38.4 Å². The summed E-state index contributed by atoms with van der Waals surface area (Å²) in [6.07, 6.45) is 2.32. The van der Waals surface area contributed by atoms with Crippen LogP contribution in [0.25, 0.3) is 5.65 Å². The van der Waals surface area contributed by atoms with Crippen molar-refractivity contribution in [2.24, 2.45) is 0 Å². The second-order valence-corrected chi connectivity index (χ2v) is 8.21. The van der Waals surface area contributed by atoms with Crippen molar-refractivity contribution >= 4 is 27.5 Å². The number of carbonyl (C=O) groups excluding carboxylic acids is 1. The standard InChI is InChI=1S/C24H23BrN4O2/c1-15-20(12-18-8-4-5-10-22(18)25)16(2)29-23(28-15)21(14-27-29)24(30)26-13-17-7-6-9-19(11-17)31-3/h4-11,14H,12-13H2,1-3H3,(H,26,30). The van der Waals surface area contributed by atoms with Gasteiger partial charge >= 0.3 is 0 Å². The Hall–Kier alpha value is -3.19. The number of amides is 1. The van der Waals surface area contributed by atoms with Gasteiger partial charge in [0.15, 0.2) is 5.65 Å². The largest absolute Gasteiger partial charge is 0.497 e. The second-order valence-electron chi connectivity index (χ2n) is 7.36. The third-order valence-corrected chi connectivity index (χ3v) is 6.14. The highest BCUT2D eigenvalue weighted by Gasteiger charge is 2.18. The number of ether oxygens (including phenoxy) is 1. The molecule has 0 aliphatic rings. The van der Waals surface area contributed by atoms with Crippen molar-refractivity contribution in [1.82, 2.24) is 19.9 Å². The molecule has 2 aromatic heterocycles. The van der Waals surface area contributed by atoms with Crippen LogP contribution in [0.2, 0.25) is 0 Å². The number of benzene rings is 2. The summed E-state index contributed by atoms with van der Waals surface area (Å²) in [6, 6.07) is 15.8. The minimum Gasteiger partial charge on any atom is -0.497 e. The van der Waals surface area contributed by atoms with Crippen molar-refractivity contribution in [3.05, 3.63) is 92.8 Å². The molecule has 0 aliphatic heterocycles. The van der Waals surface area contributed by atoms with Crippen molar-refractivity contribution in [3.8, 4) is 5.75 Å². The molecule has 1 N–H and O–H groups in total. The number of nitrogens with zero attached hydrogens (tertiary/aromatic N) is 3. The lowest BCUT2D eigenvalue weighted by Crippen LogP contribution is -2.23. The first-order chi connectivity index (χ1) is 15.0. The van der Waals surface area contributed by atoms with Gasteiger partial charge < -0.3 is 10.1 Å². The maximum Gasteiger partial charge on any atom is 0.257 e. The Kier molecular flexibility index (Phi) is 6.04. The summed E-state index contributed by atoms with van der Waals surface area (Å²) in [5.74, 6) is 0.552. The summed E-state index contributed by atoms with van der Waals surface area (Å²) in [5.41, 5.74) is 6.13. The SMILES string of the molecule is COc1cccc(CNC(=O)c2cnn3c(C)c(Cc4ccccc4Br)c(C)nc23)c1. The van der Waals surface area contributed by atoms with Gasteiger partial charge in [-0.3, -0.25) is 4.79 Å². The number of hydrogen-bond acceptors (Lipinski definition) is 4. The average Bonchev–Trinajstić information content (AvgIpc) is 3.20. The first-order valence-corrected chi connectivity index (χ1v) is 10.8. The second kappa shape index (κ2) is 8.89. The summed E-state index contributed by atoms with van der Waals surface area (Å²) < 4.78 is 8.05. The van der Waals surface area contributed by atoms with Gasteiger partial charge in [-0.15, -0.1) is 0 Å². The quantitative estimate of drug-likeness (QED) is 0.438. The Morgan fingerprint density at radius 1 is 1.16 bits per heavy atom. The van der Waals surface area contributed by atoms with Gasteiger partial charge in [0.05, 0.1) is 13.3 Å². The molecule has 2 aromatic carbocycles. The summed E-state index contributed by atoms with van der Waals surface area (Å²) in [7, 11) is 1.62. The van der Waals surface area contributed by atoms with Crippen LogP contribution < -0.4 is 10.1 Å². The highest BCUT2D eigenvalue weighted by molar-refractivity contribution is 9.10. The lowest BCUT2D eigenvalue weighted by Gasteiger charge is -2.13. The van der Waals surface area contributed by atoms with Crippen LogP contribution in [-0.4, -0.2) is 27.6 Å². The van der Waals surface area contributed by atoms with E-state index in [9.17, 15) is 4.79 Å². The van der Waals surface area contributed by atoms with Crippen LogP contribution in [-0.2, 0) is 13.0 Å². The number of rotatable bonds is 6. The van der Waals surface area contributed by atoms with E-state index in [0.29, 0.717) is 17.8 Å². The highest BCUT2D eigenvalue weighted by Crippen LogP contribution is 2.24. The first kappa shape index (κ1) is 21.1. The summed E-state index contributed by atoms with van der Waals surface area (Å²) >= 11 is 3.62. The van der Waals surface area contributed by atoms with E-state index in [1.54, 1.807) is 17.8 Å². The minimum atomic E-state index is -0.206. The third-order valence-electron chi connectivity index (χ3n) is 5.37. The average molecular weight is 479 g/mol. The third kappa shape index (κ3) is 4.32. The molecule has 6 nitrogen and oxygen atoms in total. The van der Waals surface area contributed by atoms with Crippen molar-refractivity contribution in [2.75, 3.05) is 7.11 Å². The van der Waals surface area contributed by atoms with Crippen molar-refractivity contribution < 1.29 is 9.53 Å². The molecular formula is C24H23BrN4O2. The number of methoxy groups -OCH3 is 1. The number of carbonyl (C=O) groups is 1. The summed E-state index contributed by atoms with van der Waals surface area (Å²) in [6.45, 7) is 4.38. The van der Waals surface area contributed by atoms with Crippen LogP contribution >= 0.6 is 15.9 Å². The fourth-order valence-corrected chi connectivity index (χ4v) is 4.04. The summed E-state index contributed by atoms with van der Waals surface area (Å²) in [5, 5.41) is 7.40. The van der Waals surface area contributed by atoms with Crippen LogP contribution in [0, 0.1) is 13.8 Å². The Morgan fingerprint density at radius 2 is 1.97 bits per heavy atom. The number of aryl methyl sites for hydroxylation is 2. The van der Waals surface area contributed by atoms with Crippen molar-refractivity contribution in [3.63, 3.8) is 0 Å². The Balaban J connectivity index is 1.60. The molecule has 158 valence electrons. The number of fused-ring (bicyclic) bond motifs is 1. The normalized spacial score (nSPS) is 11.0. The predicted octanol–water partition coefficient (Wildman–Crippen LogP) is 4.64. The minimum absolute atomic E-state index is 0.206. The fourth-order valence-electron chi connectivity index (χ4n) is 3.62. The molecule has 0 fully saturated rings. The van der Waals surface area contributed by atoms with E-state index in [2.05, 4.69) is 32.4 Å². The topological polar surface area (TPSA) is 68.5 Å². The fraction of sp³-hybridized carbons (Fsp3) is 0.208. The van der Waals surface area contributed by atoms with Crippen molar-refractivity contribution in [1.29, 1.82) is 0 Å². The van der Waals surface area contributed by atoms with Crippen LogP contribution in [0.15, 0.2) is 59.2 Å². The number of hydrogen-bond donors (Lipinski definition) is 1. The smallest absolute Gasteiger partial charge is 0.257 e. The molecule has 0 aliphatic carbocycles. The first-order valence-electron chi connectivity index (χ1n) is 9.96. The van der Waals surface area contributed by atoms with Crippen LogP contribution in [0.3, 0.4) is 0 Å². The van der Waals surface area contributed by atoms with E-state index < -0.39 is 0 Å². The maximum absolute atomic E-state index is 12.8. The molecular weight excluding hydrogens is 456 g/mol. The number of halogens is 1. The Morgan fingerprint density at radius 3 is 2.74 bits per heavy atom. The van der Waals surface area contributed by atoms with Gasteiger partial charge in [-0.25, -0.2) is 9.50 Å². The van der Waals surface area contributed by atoms with Gasteiger partial charge in [0.2, 0.25) is 0 Å². The van der Waals surface area contributed by atoms with Gasteiger partial charge in [0, 0.05) is 28.8 Å². The Bertz CT molecular complexity index is 1270. The van der Waals surface area contributed by atoms with Gasteiger partial charge in [-0.2, -0.15) is 5.10 Å². The maximum atomic E-state index is 12.8. The lowest BCUT2D eigenvalue weighted by atomic mass is 10.0. The molecule has 4 rings (SSSR count). The van der Waals surface area contributed by atoms with Gasteiger partial charge in [-0.05, 0) is 48.7 Å². The van der Waals surface area contributed by atoms with Gasteiger partial charge in [-0.1, -0.05) is 46.3 Å². The predicted molar refractivity (Wildman–Crippen MR) is 124 cm³/mol. The molecule has 31 heavy (non-hydrogen) atoms. The molecule has 0 radical (unpaired) electrons. The van der Waals surface area contributed by atoms with Crippen molar-refractivity contribution in [2.45, 2.75) is 26.8 Å². The van der Waals surface area contributed by atoms with Gasteiger partial charge in [0.25, 0.3) is 5.91 Å². The van der Waals surface area contributed by atoms with E-state index >= 15 is 0 Å². The van der Waals surface area contributed by atoms with E-state index in [-0.39, 0.29) is 5.91 Å². The highest BCUT2D eigenvalue weighted by atomic mass is 79.9. The molecule has 1 amide bonds. The molecule has 0 saturated heterocycles. The van der Waals surface area contributed by atoms with Crippen LogP contribution in [0.4, 0.5) is 0 Å². The molecule has 0 spiro atoms. The number of aromatic nitrogens is 3. The zero-order chi connectivity index (χ0) is 22.0. The zero-order valence-corrected chi connectivity index (χ0v) is 19.2. The van der Waals surface area contributed by atoms with Gasteiger partial charge in [0.1, 0.15) is 11.3 Å².